The molecule has 0 spiro atoms. The van der Waals surface area contributed by atoms with Crippen LogP contribution in [0.5, 0.6) is 0 Å². The third kappa shape index (κ3) is 64.0. The van der Waals surface area contributed by atoms with E-state index in [1.807, 2.05) is 27.2 Å². The number of nitrogens with one attached hydrogen (secondary N) is 1. The second-order valence-corrected chi connectivity index (χ2v) is 26.6. The fourth-order valence-electron chi connectivity index (χ4n) is 10.5. The Labute approximate surface area is 499 Å². The van der Waals surface area contributed by atoms with Crippen LogP contribution >= 0.6 is 7.82 Å². The number of amides is 1. The van der Waals surface area contributed by atoms with E-state index in [2.05, 4.69) is 55.6 Å². The zero-order valence-electron chi connectivity index (χ0n) is 54.0. The second-order valence-electron chi connectivity index (χ2n) is 25.2. The van der Waals surface area contributed by atoms with Crippen molar-refractivity contribution in [2.45, 2.75) is 360 Å². The highest BCUT2D eigenvalue weighted by Crippen LogP contribution is 2.38. The smallest absolute Gasteiger partial charge is 0.268 e. The molecule has 0 aliphatic carbocycles. The zero-order chi connectivity index (χ0) is 58.4. The molecule has 0 rings (SSSR count). The number of allylic oxidation sites excluding steroid dienone is 7. The van der Waals surface area contributed by atoms with Crippen molar-refractivity contribution in [1.82, 2.24) is 5.32 Å². The van der Waals surface area contributed by atoms with E-state index in [1.54, 1.807) is 6.08 Å². The number of likely N-dealkylation sites (N-methyl/N-ethyl adjacent to an activating group) is 1. The summed E-state index contributed by atoms with van der Waals surface area (Å²) in [4.78, 5) is 25.6. The number of phosphoric ester groups is 1. The fraction of sp³-hybridized carbons (Fsp3) is 0.873. The normalized spacial score (nSPS) is 13.9. The van der Waals surface area contributed by atoms with Crippen LogP contribution in [-0.2, 0) is 18.4 Å². The van der Waals surface area contributed by atoms with Crippen LogP contribution in [0.15, 0.2) is 48.6 Å². The Morgan fingerprint density at radius 2 is 0.700 bits per heavy atom. The summed E-state index contributed by atoms with van der Waals surface area (Å²) < 4.78 is 23.4. The highest BCUT2D eigenvalue weighted by Gasteiger charge is 2.23. The minimum Gasteiger partial charge on any atom is -0.756 e. The van der Waals surface area contributed by atoms with Crippen molar-refractivity contribution >= 4 is 13.7 Å². The first-order chi connectivity index (χ1) is 39.0. The summed E-state index contributed by atoms with van der Waals surface area (Å²) in [6.07, 6.45) is 83.9. The molecule has 0 fully saturated rings. The number of hydrogen-bond acceptors (Lipinski definition) is 6. The van der Waals surface area contributed by atoms with Gasteiger partial charge in [0.15, 0.2) is 0 Å². The van der Waals surface area contributed by atoms with Crippen LogP contribution in [0.25, 0.3) is 0 Å². The van der Waals surface area contributed by atoms with Crippen molar-refractivity contribution in [2.24, 2.45) is 0 Å². The number of aliphatic hydroxyl groups excluding tert-OH is 1. The van der Waals surface area contributed by atoms with Gasteiger partial charge in [-0.15, -0.1) is 0 Å². The zero-order valence-corrected chi connectivity index (χ0v) is 54.9. The van der Waals surface area contributed by atoms with E-state index >= 15 is 0 Å². The Morgan fingerprint density at radius 1 is 0.425 bits per heavy atom. The van der Waals surface area contributed by atoms with E-state index < -0.39 is 26.6 Å². The first-order valence-electron chi connectivity index (χ1n) is 35.0. The average molecular weight is 1150 g/mol. The predicted octanol–water partition coefficient (Wildman–Crippen LogP) is 21.6. The maximum absolute atomic E-state index is 13.0. The van der Waals surface area contributed by atoms with Crippen LogP contribution in [0.1, 0.15) is 348 Å². The summed E-state index contributed by atoms with van der Waals surface area (Å²) in [6.45, 7) is 4.67. The Hall–Kier alpha value is -1.54. The summed E-state index contributed by atoms with van der Waals surface area (Å²) in [5.41, 5.74) is 0. The Balaban J connectivity index is 4.12. The van der Waals surface area contributed by atoms with Crippen molar-refractivity contribution in [2.75, 3.05) is 40.9 Å². The van der Waals surface area contributed by atoms with Crippen LogP contribution in [0, 0.1) is 0 Å². The molecule has 0 bridgehead atoms. The van der Waals surface area contributed by atoms with Gasteiger partial charge in [-0.2, -0.15) is 0 Å². The van der Waals surface area contributed by atoms with E-state index in [-0.39, 0.29) is 12.5 Å². The SMILES string of the molecule is CCCCCCCCCC/C=C\CCCCCCCCCCCCCCCCCC(=O)NC(COP(=O)([O-])OCC[N+](C)(C)C)C(O)/C=C/CC/C=C/CC/C=C/CCCCCCCCCCCCCCCCCCCCCCC. The molecule has 472 valence electrons. The Morgan fingerprint density at radius 3 is 1.01 bits per heavy atom. The van der Waals surface area contributed by atoms with Crippen LogP contribution in [0.4, 0.5) is 0 Å². The molecule has 1 amide bonds. The summed E-state index contributed by atoms with van der Waals surface area (Å²) in [6, 6.07) is -0.912. The van der Waals surface area contributed by atoms with Gasteiger partial charge in [0, 0.05) is 6.42 Å². The van der Waals surface area contributed by atoms with Crippen molar-refractivity contribution in [3.8, 4) is 0 Å². The van der Waals surface area contributed by atoms with Crippen LogP contribution < -0.4 is 10.2 Å². The highest BCUT2D eigenvalue weighted by molar-refractivity contribution is 7.45. The summed E-state index contributed by atoms with van der Waals surface area (Å²) in [5.74, 6) is -0.206. The van der Waals surface area contributed by atoms with Gasteiger partial charge in [0.25, 0.3) is 7.82 Å². The molecule has 0 aromatic carbocycles. The highest BCUT2D eigenvalue weighted by atomic mass is 31.2. The molecule has 8 nitrogen and oxygen atoms in total. The van der Waals surface area contributed by atoms with E-state index in [9.17, 15) is 19.4 Å². The number of aliphatic hydroxyl groups is 1. The molecule has 0 aliphatic heterocycles. The van der Waals surface area contributed by atoms with Gasteiger partial charge in [-0.25, -0.2) is 0 Å². The average Bonchev–Trinajstić information content (AvgIpc) is 3.42. The van der Waals surface area contributed by atoms with Gasteiger partial charge in [-0.05, 0) is 70.6 Å². The molecule has 9 heteroatoms. The summed E-state index contributed by atoms with van der Waals surface area (Å²) in [5, 5.41) is 13.9. The lowest BCUT2D eigenvalue weighted by atomic mass is 10.0. The maximum atomic E-state index is 13.0. The molecule has 0 saturated heterocycles. The molecule has 0 aromatic heterocycles. The van der Waals surface area contributed by atoms with Gasteiger partial charge < -0.3 is 28.8 Å². The Kier molecular flexibility index (Phi) is 60.8. The number of carbonyl (C=O) groups excluding carboxylic acids is 1. The molecule has 3 unspecified atom stereocenters. The van der Waals surface area contributed by atoms with E-state index in [1.165, 1.54) is 283 Å². The minimum atomic E-state index is -4.62. The van der Waals surface area contributed by atoms with Crippen LogP contribution in [0.2, 0.25) is 0 Å². The molecule has 0 aromatic rings. The minimum absolute atomic E-state index is 0.00849. The van der Waals surface area contributed by atoms with E-state index in [0.29, 0.717) is 17.4 Å². The lowest BCUT2D eigenvalue weighted by Gasteiger charge is -2.29. The molecule has 2 N–H and O–H groups in total. The first kappa shape index (κ1) is 78.5. The first-order valence-corrected chi connectivity index (χ1v) is 36.5. The van der Waals surface area contributed by atoms with Crippen molar-refractivity contribution in [1.29, 1.82) is 0 Å². The number of unbranched alkanes of at least 4 members (excludes halogenated alkanes) is 46. The maximum Gasteiger partial charge on any atom is 0.268 e. The summed E-state index contributed by atoms with van der Waals surface area (Å²) >= 11 is 0. The lowest BCUT2D eigenvalue weighted by Crippen LogP contribution is -2.45. The number of carbonyl (C=O) groups is 1. The lowest BCUT2D eigenvalue weighted by molar-refractivity contribution is -0.870. The van der Waals surface area contributed by atoms with Gasteiger partial charge in [0.05, 0.1) is 39.9 Å². The number of nitrogens with zero attached hydrogens (tertiary/aromatic N) is 1. The number of hydrogen-bond donors (Lipinski definition) is 2. The van der Waals surface area contributed by atoms with Crippen molar-refractivity contribution in [3.05, 3.63) is 48.6 Å². The predicted molar refractivity (Wildman–Crippen MR) is 348 cm³/mol. The van der Waals surface area contributed by atoms with Gasteiger partial charge in [0.1, 0.15) is 13.2 Å². The van der Waals surface area contributed by atoms with Crippen molar-refractivity contribution in [3.63, 3.8) is 0 Å². The van der Waals surface area contributed by atoms with Crippen LogP contribution in [0.3, 0.4) is 0 Å². The van der Waals surface area contributed by atoms with E-state index in [4.69, 9.17) is 9.05 Å². The van der Waals surface area contributed by atoms with Gasteiger partial charge >= 0.3 is 0 Å². The second kappa shape index (κ2) is 62.0. The van der Waals surface area contributed by atoms with Gasteiger partial charge in [-0.3, -0.25) is 9.36 Å². The number of rotatable bonds is 65. The molecule has 0 heterocycles. The quantitative estimate of drug-likeness (QED) is 0.0272. The monoisotopic (exact) mass is 1150 g/mol. The Bertz CT molecular complexity index is 1440. The largest absolute Gasteiger partial charge is 0.756 e. The van der Waals surface area contributed by atoms with E-state index in [0.717, 1.165) is 44.9 Å². The van der Waals surface area contributed by atoms with Crippen molar-refractivity contribution < 1.29 is 32.9 Å². The molecule has 0 aliphatic rings. The molecule has 0 radical (unpaired) electrons. The third-order valence-electron chi connectivity index (χ3n) is 16.0. The van der Waals surface area contributed by atoms with Gasteiger partial charge in [-0.1, -0.05) is 319 Å². The molecule has 3 atom stereocenters. The summed E-state index contributed by atoms with van der Waals surface area (Å²) in [7, 11) is 1.25. The fourth-order valence-corrected chi connectivity index (χ4v) is 11.3. The number of quaternary nitrogens is 1. The third-order valence-corrected chi connectivity index (χ3v) is 17.0. The molecule has 80 heavy (non-hydrogen) atoms. The standard InChI is InChI=1S/C71H137N2O6P/c1-6-8-10-12-14-16-18-20-22-24-26-28-30-32-34-35-36-37-39-40-42-44-46-48-50-52-54-56-58-60-62-64-70(74)69(68-79-80(76,77)78-67-66-73(3,4)5)72-71(75)65-63-61-59-57-55-53-51-49-47-45-43-41-38-33-31-29-27-25-23-21-19-17-15-13-11-9-7-2/h25,27,46,48,54,56,62,64,69-70,74H,6-24,26,28-45,47,49-53,55,57-61,63,65-68H2,1-5H3,(H-,72,75,76,77)/b27-25-,48-46+,56-54+,64-62+. The van der Waals surface area contributed by atoms with Gasteiger partial charge in [0.2, 0.25) is 5.91 Å². The molecular formula is C71H137N2O6P. The van der Waals surface area contributed by atoms with Crippen LogP contribution in [-0.4, -0.2) is 68.5 Å². The topological polar surface area (TPSA) is 108 Å². The molecular weight excluding hydrogens is 1010 g/mol. The molecule has 0 saturated carbocycles. The number of phosphoric acid groups is 1.